The summed E-state index contributed by atoms with van der Waals surface area (Å²) >= 11 is 0. The normalized spacial score (nSPS) is 21.4. The Bertz CT molecular complexity index is 262. The van der Waals surface area contributed by atoms with Crippen molar-refractivity contribution < 1.29 is 9.53 Å². The Morgan fingerprint density at radius 1 is 1.69 bits per heavy atom. The summed E-state index contributed by atoms with van der Waals surface area (Å²) in [5.41, 5.74) is 0. The van der Waals surface area contributed by atoms with Crippen LogP contribution in [0.25, 0.3) is 0 Å². The first-order valence-electron chi connectivity index (χ1n) is 5.76. The fourth-order valence-electron chi connectivity index (χ4n) is 1.71. The van der Waals surface area contributed by atoms with E-state index in [9.17, 15) is 4.79 Å². The molecule has 5 nitrogen and oxygen atoms in total. The smallest absolute Gasteiger partial charge is 0.239 e. The molecule has 1 rings (SSSR count). The lowest BCUT2D eigenvalue weighted by Gasteiger charge is -2.33. The molecule has 0 aromatic rings. The Hall–Kier alpha value is -1.12. The third-order valence-corrected chi connectivity index (χ3v) is 2.60. The van der Waals surface area contributed by atoms with Crippen molar-refractivity contribution in [2.75, 3.05) is 32.8 Å². The zero-order valence-corrected chi connectivity index (χ0v) is 9.74. The van der Waals surface area contributed by atoms with Crippen LogP contribution in [0.2, 0.25) is 0 Å². The molecular formula is C11H19N3O2. The SMILES string of the molecule is CCCNC(=O)C1COCCN1CCC#N. The molecule has 0 radical (unpaired) electrons. The van der Waals surface area contributed by atoms with E-state index in [1.165, 1.54) is 0 Å². The van der Waals surface area contributed by atoms with Crippen molar-refractivity contribution in [1.82, 2.24) is 10.2 Å². The Morgan fingerprint density at radius 2 is 2.50 bits per heavy atom. The number of nitriles is 1. The number of morpholine rings is 1. The van der Waals surface area contributed by atoms with Crippen LogP contribution in [-0.2, 0) is 9.53 Å². The van der Waals surface area contributed by atoms with Gasteiger partial charge in [0.15, 0.2) is 0 Å². The molecule has 90 valence electrons. The first kappa shape index (κ1) is 12.9. The van der Waals surface area contributed by atoms with Crippen LogP contribution in [0.5, 0.6) is 0 Å². The third-order valence-electron chi connectivity index (χ3n) is 2.60. The zero-order valence-electron chi connectivity index (χ0n) is 9.74. The number of amides is 1. The van der Waals surface area contributed by atoms with Gasteiger partial charge in [0.1, 0.15) is 6.04 Å². The second-order valence-electron chi connectivity index (χ2n) is 3.83. The van der Waals surface area contributed by atoms with Crippen LogP contribution in [0.4, 0.5) is 0 Å². The van der Waals surface area contributed by atoms with Crippen LogP contribution in [0.3, 0.4) is 0 Å². The molecule has 1 saturated heterocycles. The molecule has 1 heterocycles. The van der Waals surface area contributed by atoms with Crippen LogP contribution in [-0.4, -0.2) is 49.7 Å². The number of hydrogen-bond acceptors (Lipinski definition) is 4. The Labute approximate surface area is 96.4 Å². The first-order valence-corrected chi connectivity index (χ1v) is 5.76. The molecule has 0 aliphatic carbocycles. The topological polar surface area (TPSA) is 65.4 Å². The standard InChI is InChI=1S/C11H19N3O2/c1-2-5-13-11(15)10-9-16-8-7-14(10)6-3-4-12/h10H,2-3,5-9H2,1H3,(H,13,15). The molecule has 1 fully saturated rings. The van der Waals surface area contributed by atoms with E-state index in [1.54, 1.807) is 0 Å². The monoisotopic (exact) mass is 225 g/mol. The van der Waals surface area contributed by atoms with Gasteiger partial charge in [0.2, 0.25) is 5.91 Å². The van der Waals surface area contributed by atoms with E-state index < -0.39 is 0 Å². The van der Waals surface area contributed by atoms with Crippen molar-refractivity contribution in [3.05, 3.63) is 0 Å². The Morgan fingerprint density at radius 3 is 3.19 bits per heavy atom. The maximum atomic E-state index is 11.8. The highest BCUT2D eigenvalue weighted by Gasteiger charge is 2.28. The van der Waals surface area contributed by atoms with Crippen molar-refractivity contribution in [2.45, 2.75) is 25.8 Å². The van der Waals surface area contributed by atoms with Gasteiger partial charge < -0.3 is 10.1 Å². The summed E-state index contributed by atoms with van der Waals surface area (Å²) in [5, 5.41) is 11.4. The quantitative estimate of drug-likeness (QED) is 0.722. The highest BCUT2D eigenvalue weighted by Crippen LogP contribution is 2.07. The number of nitrogens with zero attached hydrogens (tertiary/aromatic N) is 2. The number of rotatable bonds is 5. The van der Waals surface area contributed by atoms with Gasteiger partial charge in [-0.2, -0.15) is 5.26 Å². The van der Waals surface area contributed by atoms with E-state index in [0.717, 1.165) is 13.0 Å². The number of hydrogen-bond donors (Lipinski definition) is 1. The molecule has 1 aliphatic heterocycles. The molecule has 5 heteroatoms. The predicted molar refractivity (Wildman–Crippen MR) is 59.7 cm³/mol. The Kier molecular flexibility index (Phi) is 5.83. The minimum atomic E-state index is -0.228. The maximum absolute atomic E-state index is 11.8. The van der Waals surface area contributed by atoms with Gasteiger partial charge in [0.05, 0.1) is 19.3 Å². The predicted octanol–water partition coefficient (Wildman–Crippen LogP) is 0.127. The van der Waals surface area contributed by atoms with Crippen molar-refractivity contribution in [2.24, 2.45) is 0 Å². The second-order valence-corrected chi connectivity index (χ2v) is 3.83. The van der Waals surface area contributed by atoms with Crippen LogP contribution < -0.4 is 5.32 Å². The minimum Gasteiger partial charge on any atom is -0.378 e. The molecule has 1 aliphatic rings. The van der Waals surface area contributed by atoms with E-state index in [-0.39, 0.29) is 11.9 Å². The molecule has 1 N–H and O–H groups in total. The van der Waals surface area contributed by atoms with Gasteiger partial charge in [0, 0.05) is 26.1 Å². The number of carbonyl (C=O) groups is 1. The highest BCUT2D eigenvalue weighted by molar-refractivity contribution is 5.81. The lowest BCUT2D eigenvalue weighted by molar-refractivity contribution is -0.132. The number of nitrogens with one attached hydrogen (secondary N) is 1. The summed E-state index contributed by atoms with van der Waals surface area (Å²) in [7, 11) is 0. The lowest BCUT2D eigenvalue weighted by Crippen LogP contribution is -2.54. The van der Waals surface area contributed by atoms with Crippen LogP contribution in [0, 0.1) is 11.3 Å². The van der Waals surface area contributed by atoms with Crippen molar-refractivity contribution in [1.29, 1.82) is 5.26 Å². The molecule has 16 heavy (non-hydrogen) atoms. The second kappa shape index (κ2) is 7.20. The van der Waals surface area contributed by atoms with Gasteiger partial charge in [-0.3, -0.25) is 9.69 Å². The fraction of sp³-hybridized carbons (Fsp3) is 0.818. The van der Waals surface area contributed by atoms with Gasteiger partial charge in [-0.15, -0.1) is 0 Å². The van der Waals surface area contributed by atoms with Gasteiger partial charge >= 0.3 is 0 Å². The van der Waals surface area contributed by atoms with Crippen molar-refractivity contribution in [3.63, 3.8) is 0 Å². The van der Waals surface area contributed by atoms with Crippen LogP contribution in [0.1, 0.15) is 19.8 Å². The maximum Gasteiger partial charge on any atom is 0.239 e. The third kappa shape index (κ3) is 3.80. The molecule has 0 aromatic carbocycles. The van der Waals surface area contributed by atoms with Crippen LogP contribution in [0.15, 0.2) is 0 Å². The van der Waals surface area contributed by atoms with Crippen LogP contribution >= 0.6 is 0 Å². The Balaban J connectivity index is 2.45. The molecule has 1 unspecified atom stereocenters. The van der Waals surface area contributed by atoms with E-state index in [4.69, 9.17) is 10.00 Å². The van der Waals surface area contributed by atoms with Gasteiger partial charge in [-0.05, 0) is 6.42 Å². The summed E-state index contributed by atoms with van der Waals surface area (Å²) < 4.78 is 5.31. The average Bonchev–Trinajstić information content (AvgIpc) is 2.33. The summed E-state index contributed by atoms with van der Waals surface area (Å²) in [4.78, 5) is 13.8. The molecule has 1 atom stereocenters. The van der Waals surface area contributed by atoms with Crippen molar-refractivity contribution in [3.8, 4) is 6.07 Å². The molecule has 0 bridgehead atoms. The lowest BCUT2D eigenvalue weighted by atomic mass is 10.2. The highest BCUT2D eigenvalue weighted by atomic mass is 16.5. The summed E-state index contributed by atoms with van der Waals surface area (Å²) in [6, 6.07) is 1.88. The molecule has 0 aromatic heterocycles. The minimum absolute atomic E-state index is 0.0134. The van der Waals surface area contributed by atoms with E-state index in [1.807, 2.05) is 11.8 Å². The number of carbonyl (C=O) groups excluding carboxylic acids is 1. The van der Waals surface area contributed by atoms with Gasteiger partial charge in [0.25, 0.3) is 0 Å². The zero-order chi connectivity index (χ0) is 11.8. The van der Waals surface area contributed by atoms with E-state index in [2.05, 4.69) is 11.4 Å². The molecule has 0 saturated carbocycles. The van der Waals surface area contributed by atoms with E-state index in [0.29, 0.717) is 32.7 Å². The largest absolute Gasteiger partial charge is 0.378 e. The summed E-state index contributed by atoms with van der Waals surface area (Å²) in [6.45, 7) is 5.16. The van der Waals surface area contributed by atoms with E-state index >= 15 is 0 Å². The van der Waals surface area contributed by atoms with Crippen molar-refractivity contribution >= 4 is 5.91 Å². The van der Waals surface area contributed by atoms with Gasteiger partial charge in [-0.25, -0.2) is 0 Å². The molecule has 0 spiro atoms. The molecular weight excluding hydrogens is 206 g/mol. The summed E-state index contributed by atoms with van der Waals surface area (Å²) in [6.07, 6.45) is 1.38. The average molecular weight is 225 g/mol. The fourth-order valence-corrected chi connectivity index (χ4v) is 1.71. The number of ether oxygens (including phenoxy) is 1. The molecule has 1 amide bonds. The van der Waals surface area contributed by atoms with Gasteiger partial charge in [-0.1, -0.05) is 6.92 Å². The first-order chi connectivity index (χ1) is 7.79. The summed E-state index contributed by atoms with van der Waals surface area (Å²) in [5.74, 6) is 0.0134.